The van der Waals surface area contributed by atoms with E-state index in [1.165, 1.54) is 0 Å². The van der Waals surface area contributed by atoms with Crippen LogP contribution in [0.5, 0.6) is 0 Å². The first-order valence-corrected chi connectivity index (χ1v) is 6.60. The van der Waals surface area contributed by atoms with Gasteiger partial charge >= 0.3 is 0 Å². The highest BCUT2D eigenvalue weighted by molar-refractivity contribution is 5.20. The van der Waals surface area contributed by atoms with Crippen LogP contribution < -0.4 is 5.32 Å². The molecule has 0 aliphatic rings. The molecule has 0 radical (unpaired) electrons. The molecule has 0 aromatic carbocycles. The van der Waals surface area contributed by atoms with E-state index in [-0.39, 0.29) is 12.1 Å². The van der Waals surface area contributed by atoms with Crippen molar-refractivity contribution < 1.29 is 4.74 Å². The third-order valence-electron chi connectivity index (χ3n) is 3.13. The summed E-state index contributed by atoms with van der Waals surface area (Å²) in [5.41, 5.74) is 2.18. The van der Waals surface area contributed by atoms with E-state index in [2.05, 4.69) is 43.0 Å². The molecule has 0 aliphatic heterocycles. The Morgan fingerprint density at radius 3 is 2.44 bits per heavy atom. The van der Waals surface area contributed by atoms with E-state index in [1.807, 2.05) is 13.1 Å². The van der Waals surface area contributed by atoms with E-state index in [0.29, 0.717) is 5.92 Å². The molecule has 1 heterocycles. The molecule has 2 unspecified atom stereocenters. The molecule has 102 valence electrons. The van der Waals surface area contributed by atoms with Crippen molar-refractivity contribution in [2.75, 3.05) is 13.7 Å². The molecule has 1 N–H and O–H groups in total. The number of methoxy groups -OCH3 is 1. The maximum absolute atomic E-state index is 5.46. The van der Waals surface area contributed by atoms with Crippen LogP contribution in [0.2, 0.25) is 0 Å². The molecule has 2 atom stereocenters. The van der Waals surface area contributed by atoms with Crippen molar-refractivity contribution >= 4 is 0 Å². The van der Waals surface area contributed by atoms with E-state index in [1.54, 1.807) is 7.11 Å². The Kier molecular flexibility index (Phi) is 5.69. The van der Waals surface area contributed by atoms with Gasteiger partial charge in [-0.15, -0.1) is 0 Å². The standard InChI is InChI=1S/C14H25N3O/c1-7-15-10(4)12-8-16-14(17-11(12)5)13(18-6)9(2)3/h8-10,13,15H,7H2,1-6H3. The first-order valence-electron chi connectivity index (χ1n) is 6.60. The molecule has 0 fully saturated rings. The largest absolute Gasteiger partial charge is 0.373 e. The highest BCUT2D eigenvalue weighted by Gasteiger charge is 2.19. The topological polar surface area (TPSA) is 47.0 Å². The van der Waals surface area contributed by atoms with Crippen LogP contribution in [-0.4, -0.2) is 23.6 Å². The van der Waals surface area contributed by atoms with Crippen molar-refractivity contribution in [2.45, 2.75) is 46.8 Å². The fourth-order valence-electron chi connectivity index (χ4n) is 2.15. The number of hydrogen-bond donors (Lipinski definition) is 1. The highest BCUT2D eigenvalue weighted by atomic mass is 16.5. The molecule has 0 saturated heterocycles. The van der Waals surface area contributed by atoms with Gasteiger partial charge in [0.15, 0.2) is 5.82 Å². The highest BCUT2D eigenvalue weighted by Crippen LogP contribution is 2.23. The second kappa shape index (κ2) is 6.81. The average Bonchev–Trinajstić information content (AvgIpc) is 2.29. The van der Waals surface area contributed by atoms with E-state index in [4.69, 9.17) is 4.74 Å². The molecule has 18 heavy (non-hydrogen) atoms. The van der Waals surface area contributed by atoms with Crippen molar-refractivity contribution in [3.63, 3.8) is 0 Å². The molecule has 0 spiro atoms. The Morgan fingerprint density at radius 1 is 1.33 bits per heavy atom. The second-order valence-electron chi connectivity index (χ2n) is 4.95. The van der Waals surface area contributed by atoms with Crippen molar-refractivity contribution in [1.82, 2.24) is 15.3 Å². The molecule has 4 nitrogen and oxygen atoms in total. The minimum Gasteiger partial charge on any atom is -0.373 e. The lowest BCUT2D eigenvalue weighted by atomic mass is 10.1. The zero-order chi connectivity index (χ0) is 13.7. The molecule has 0 amide bonds. The van der Waals surface area contributed by atoms with E-state index >= 15 is 0 Å². The Hall–Kier alpha value is -1.00. The first-order chi connectivity index (χ1) is 8.51. The summed E-state index contributed by atoms with van der Waals surface area (Å²) in [6, 6.07) is 0.282. The van der Waals surface area contributed by atoms with Gasteiger partial charge in [-0.1, -0.05) is 20.8 Å². The lowest BCUT2D eigenvalue weighted by Gasteiger charge is -2.20. The van der Waals surface area contributed by atoms with Crippen LogP contribution >= 0.6 is 0 Å². The molecular formula is C14H25N3O. The predicted octanol–water partition coefficient (Wildman–Crippen LogP) is 2.80. The summed E-state index contributed by atoms with van der Waals surface area (Å²) in [5, 5.41) is 3.38. The Labute approximate surface area is 110 Å². The van der Waals surface area contributed by atoms with Crippen LogP contribution in [0.25, 0.3) is 0 Å². The van der Waals surface area contributed by atoms with E-state index < -0.39 is 0 Å². The first kappa shape index (κ1) is 15.1. The summed E-state index contributed by atoms with van der Waals surface area (Å²) in [7, 11) is 1.71. The fourth-order valence-corrected chi connectivity index (χ4v) is 2.15. The summed E-state index contributed by atoms with van der Waals surface area (Å²) < 4.78 is 5.46. The van der Waals surface area contributed by atoms with Gasteiger partial charge in [0.2, 0.25) is 0 Å². The number of rotatable bonds is 6. The minimum absolute atomic E-state index is 0.0350. The number of nitrogens with zero attached hydrogens (tertiary/aromatic N) is 2. The summed E-state index contributed by atoms with van der Waals surface area (Å²) in [6.45, 7) is 11.4. The normalized spacial score (nSPS) is 14.8. The van der Waals surface area contributed by atoms with Gasteiger partial charge in [-0.25, -0.2) is 9.97 Å². The average molecular weight is 251 g/mol. The van der Waals surface area contributed by atoms with Crippen LogP contribution in [0.1, 0.15) is 56.9 Å². The molecule has 0 aliphatic carbocycles. The van der Waals surface area contributed by atoms with Gasteiger partial charge in [0.1, 0.15) is 6.10 Å². The lowest BCUT2D eigenvalue weighted by molar-refractivity contribution is 0.0572. The van der Waals surface area contributed by atoms with Crippen LogP contribution in [0, 0.1) is 12.8 Å². The summed E-state index contributed by atoms with van der Waals surface area (Å²) in [6.07, 6.45) is 1.88. The van der Waals surface area contributed by atoms with E-state index in [9.17, 15) is 0 Å². The van der Waals surface area contributed by atoms with Crippen LogP contribution in [0.4, 0.5) is 0 Å². The fraction of sp³-hybridized carbons (Fsp3) is 0.714. The van der Waals surface area contributed by atoms with Crippen molar-refractivity contribution in [3.8, 4) is 0 Å². The van der Waals surface area contributed by atoms with Gasteiger partial charge in [-0.3, -0.25) is 0 Å². The Morgan fingerprint density at radius 2 is 2.00 bits per heavy atom. The Bertz CT molecular complexity index is 379. The maximum Gasteiger partial charge on any atom is 0.157 e. The molecule has 1 rings (SSSR count). The number of aryl methyl sites for hydroxylation is 1. The third kappa shape index (κ3) is 3.50. The Balaban J connectivity index is 2.97. The molecule has 1 aromatic rings. The third-order valence-corrected chi connectivity index (χ3v) is 3.13. The summed E-state index contributed by atoms with van der Waals surface area (Å²) >= 11 is 0. The van der Waals surface area contributed by atoms with E-state index in [0.717, 1.165) is 23.6 Å². The number of aromatic nitrogens is 2. The van der Waals surface area contributed by atoms with Gasteiger partial charge in [0.05, 0.1) is 0 Å². The minimum atomic E-state index is -0.0350. The lowest BCUT2D eigenvalue weighted by Crippen LogP contribution is -2.21. The molecular weight excluding hydrogens is 226 g/mol. The van der Waals surface area contributed by atoms with Gasteiger partial charge in [-0.2, -0.15) is 0 Å². The summed E-state index contributed by atoms with van der Waals surface area (Å²) in [5.74, 6) is 1.14. The van der Waals surface area contributed by atoms with Gasteiger partial charge in [0.25, 0.3) is 0 Å². The van der Waals surface area contributed by atoms with Crippen molar-refractivity contribution in [3.05, 3.63) is 23.3 Å². The van der Waals surface area contributed by atoms with Gasteiger partial charge in [-0.05, 0) is 26.3 Å². The van der Waals surface area contributed by atoms with Gasteiger partial charge in [0, 0.05) is 30.6 Å². The zero-order valence-corrected chi connectivity index (χ0v) is 12.3. The maximum atomic E-state index is 5.46. The quantitative estimate of drug-likeness (QED) is 0.844. The molecule has 0 bridgehead atoms. The number of ether oxygens (including phenoxy) is 1. The second-order valence-corrected chi connectivity index (χ2v) is 4.95. The molecule has 0 saturated carbocycles. The van der Waals surface area contributed by atoms with Gasteiger partial charge < -0.3 is 10.1 Å². The smallest absolute Gasteiger partial charge is 0.157 e. The monoisotopic (exact) mass is 251 g/mol. The molecule has 1 aromatic heterocycles. The number of hydrogen-bond acceptors (Lipinski definition) is 4. The predicted molar refractivity (Wildman–Crippen MR) is 73.4 cm³/mol. The van der Waals surface area contributed by atoms with Crippen molar-refractivity contribution in [1.29, 1.82) is 0 Å². The number of nitrogens with one attached hydrogen (secondary N) is 1. The molecule has 4 heteroatoms. The SMILES string of the molecule is CCNC(C)c1cnc(C(OC)C(C)C)nc1C. The zero-order valence-electron chi connectivity index (χ0n) is 12.3. The van der Waals surface area contributed by atoms with Crippen molar-refractivity contribution in [2.24, 2.45) is 5.92 Å². The van der Waals surface area contributed by atoms with Crippen LogP contribution in [0.15, 0.2) is 6.20 Å². The van der Waals surface area contributed by atoms with Crippen LogP contribution in [0.3, 0.4) is 0 Å². The van der Waals surface area contributed by atoms with Crippen LogP contribution in [-0.2, 0) is 4.74 Å². The summed E-state index contributed by atoms with van der Waals surface area (Å²) in [4.78, 5) is 9.05.